The number of aryl methyl sites for hydroxylation is 1. The molecule has 1 aromatic rings. The van der Waals surface area contributed by atoms with Gasteiger partial charge in [-0.3, -0.25) is 0 Å². The lowest BCUT2D eigenvalue weighted by molar-refractivity contribution is 0.339. The van der Waals surface area contributed by atoms with E-state index in [0.717, 1.165) is 29.8 Å². The number of rotatable bonds is 3. The Morgan fingerprint density at radius 2 is 1.78 bits per heavy atom. The number of hydrogen-bond donors (Lipinski definition) is 1. The van der Waals surface area contributed by atoms with Gasteiger partial charge in [-0.25, -0.2) is 9.97 Å². The van der Waals surface area contributed by atoms with E-state index in [4.69, 9.17) is 9.97 Å². The van der Waals surface area contributed by atoms with Crippen molar-refractivity contribution in [2.24, 2.45) is 5.92 Å². The van der Waals surface area contributed by atoms with Crippen LogP contribution in [-0.2, 0) is 0 Å². The zero-order valence-corrected chi connectivity index (χ0v) is 12.1. The fourth-order valence-electron chi connectivity index (χ4n) is 2.69. The minimum absolute atomic E-state index is 0.568. The van der Waals surface area contributed by atoms with E-state index in [0.29, 0.717) is 5.92 Å². The van der Waals surface area contributed by atoms with Crippen LogP contribution in [0.4, 0.5) is 5.82 Å². The van der Waals surface area contributed by atoms with Gasteiger partial charge in [0, 0.05) is 23.7 Å². The molecule has 2 rings (SSSR count). The van der Waals surface area contributed by atoms with Crippen LogP contribution >= 0.6 is 0 Å². The molecule has 1 aliphatic carbocycles. The summed E-state index contributed by atoms with van der Waals surface area (Å²) in [6, 6.07) is 0. The highest BCUT2D eigenvalue weighted by Crippen LogP contribution is 2.34. The van der Waals surface area contributed by atoms with Crippen molar-refractivity contribution in [1.82, 2.24) is 9.97 Å². The number of nitrogens with zero attached hydrogens (tertiary/aromatic N) is 2. The number of aromatic nitrogens is 2. The molecule has 100 valence electrons. The molecule has 1 heterocycles. The molecule has 3 nitrogen and oxygen atoms in total. The van der Waals surface area contributed by atoms with Crippen molar-refractivity contribution in [2.75, 3.05) is 11.9 Å². The second kappa shape index (κ2) is 5.68. The van der Waals surface area contributed by atoms with Crippen LogP contribution in [0.15, 0.2) is 0 Å². The van der Waals surface area contributed by atoms with Gasteiger partial charge in [0.2, 0.25) is 0 Å². The average molecular weight is 247 g/mol. The summed E-state index contributed by atoms with van der Waals surface area (Å²) >= 11 is 0. The highest BCUT2D eigenvalue weighted by Gasteiger charge is 2.23. The van der Waals surface area contributed by atoms with Crippen molar-refractivity contribution in [3.8, 4) is 0 Å². The van der Waals surface area contributed by atoms with Gasteiger partial charge in [-0.1, -0.05) is 19.8 Å². The lowest BCUT2D eigenvalue weighted by atomic mass is 9.82. The van der Waals surface area contributed by atoms with Crippen LogP contribution in [0, 0.1) is 19.8 Å². The Balaban J connectivity index is 2.22. The zero-order valence-electron chi connectivity index (χ0n) is 12.1. The van der Waals surface area contributed by atoms with Gasteiger partial charge in [-0.15, -0.1) is 0 Å². The van der Waals surface area contributed by atoms with Crippen molar-refractivity contribution in [3.05, 3.63) is 17.1 Å². The molecular weight excluding hydrogens is 222 g/mol. The Morgan fingerprint density at radius 3 is 2.39 bits per heavy atom. The van der Waals surface area contributed by atoms with Gasteiger partial charge in [-0.05, 0) is 39.5 Å². The fourth-order valence-corrected chi connectivity index (χ4v) is 2.69. The smallest absolute Gasteiger partial charge is 0.134 e. The Hall–Kier alpha value is -1.12. The Bertz CT molecular complexity index is 406. The molecule has 0 aromatic carbocycles. The molecule has 1 aromatic heterocycles. The topological polar surface area (TPSA) is 37.8 Å². The highest BCUT2D eigenvalue weighted by molar-refractivity contribution is 5.45. The molecule has 0 aliphatic heterocycles. The third-order valence-electron chi connectivity index (χ3n) is 4.13. The average Bonchev–Trinajstić information content (AvgIpc) is 2.36. The van der Waals surface area contributed by atoms with Gasteiger partial charge in [0.15, 0.2) is 0 Å². The molecule has 0 unspecified atom stereocenters. The van der Waals surface area contributed by atoms with Gasteiger partial charge in [0.05, 0.1) is 0 Å². The maximum atomic E-state index is 4.75. The van der Waals surface area contributed by atoms with E-state index in [1.165, 1.54) is 31.2 Å². The minimum Gasteiger partial charge on any atom is -0.370 e. The Morgan fingerprint density at radius 1 is 1.11 bits per heavy atom. The van der Waals surface area contributed by atoms with Gasteiger partial charge in [0.1, 0.15) is 11.6 Å². The van der Waals surface area contributed by atoms with Crippen molar-refractivity contribution in [3.63, 3.8) is 0 Å². The summed E-state index contributed by atoms with van der Waals surface area (Å²) in [5.41, 5.74) is 2.30. The predicted octanol–water partition coefficient (Wildman–Crippen LogP) is 3.82. The Labute approximate surface area is 110 Å². The molecule has 0 atom stereocenters. The Kier molecular flexibility index (Phi) is 4.20. The van der Waals surface area contributed by atoms with Gasteiger partial charge >= 0.3 is 0 Å². The largest absolute Gasteiger partial charge is 0.370 e. The van der Waals surface area contributed by atoms with Crippen LogP contribution in [-0.4, -0.2) is 16.5 Å². The molecule has 18 heavy (non-hydrogen) atoms. The third-order valence-corrected chi connectivity index (χ3v) is 4.13. The summed E-state index contributed by atoms with van der Waals surface area (Å²) in [5, 5.41) is 3.35. The second-order valence-electron chi connectivity index (χ2n) is 5.63. The highest BCUT2D eigenvalue weighted by atomic mass is 15.0. The molecule has 1 fully saturated rings. The molecule has 0 radical (unpaired) electrons. The SMILES string of the molecule is CCNc1nc(C2CCC(C)CC2)nc(C)c1C. The molecule has 1 N–H and O–H groups in total. The van der Waals surface area contributed by atoms with Crippen LogP contribution in [0.1, 0.15) is 62.5 Å². The van der Waals surface area contributed by atoms with Gasteiger partial charge in [0.25, 0.3) is 0 Å². The summed E-state index contributed by atoms with van der Waals surface area (Å²) in [4.78, 5) is 9.46. The summed E-state index contributed by atoms with van der Waals surface area (Å²) < 4.78 is 0. The molecule has 0 saturated heterocycles. The van der Waals surface area contributed by atoms with Crippen LogP contribution < -0.4 is 5.32 Å². The lowest BCUT2D eigenvalue weighted by Crippen LogP contribution is -2.16. The number of anilines is 1. The third kappa shape index (κ3) is 2.82. The standard InChI is InChI=1S/C15H25N3/c1-5-16-14-11(3)12(4)17-15(18-14)13-8-6-10(2)7-9-13/h10,13H,5-9H2,1-4H3,(H,16,17,18). The normalized spacial score (nSPS) is 24.0. The van der Waals surface area contributed by atoms with Crippen molar-refractivity contribution >= 4 is 5.82 Å². The van der Waals surface area contributed by atoms with E-state index < -0.39 is 0 Å². The summed E-state index contributed by atoms with van der Waals surface area (Å²) in [7, 11) is 0. The van der Waals surface area contributed by atoms with Gasteiger partial charge < -0.3 is 5.32 Å². The zero-order chi connectivity index (χ0) is 13.1. The molecule has 0 spiro atoms. The lowest BCUT2D eigenvalue weighted by Gasteiger charge is -2.25. The first-order valence-electron chi connectivity index (χ1n) is 7.20. The van der Waals surface area contributed by atoms with Crippen LogP contribution in [0.5, 0.6) is 0 Å². The van der Waals surface area contributed by atoms with Crippen LogP contribution in [0.25, 0.3) is 0 Å². The second-order valence-corrected chi connectivity index (χ2v) is 5.63. The molecule has 3 heteroatoms. The summed E-state index contributed by atoms with van der Waals surface area (Å²) in [6.45, 7) is 9.56. The number of hydrogen-bond acceptors (Lipinski definition) is 3. The first-order chi connectivity index (χ1) is 8.61. The molecule has 0 amide bonds. The van der Waals surface area contributed by atoms with E-state index >= 15 is 0 Å². The predicted molar refractivity (Wildman–Crippen MR) is 76.0 cm³/mol. The fraction of sp³-hybridized carbons (Fsp3) is 0.733. The van der Waals surface area contributed by atoms with Crippen LogP contribution in [0.2, 0.25) is 0 Å². The molecule has 0 bridgehead atoms. The molecule has 1 aliphatic rings. The quantitative estimate of drug-likeness (QED) is 0.882. The summed E-state index contributed by atoms with van der Waals surface area (Å²) in [6.07, 6.45) is 5.12. The van der Waals surface area contributed by atoms with Crippen molar-refractivity contribution < 1.29 is 0 Å². The van der Waals surface area contributed by atoms with E-state index in [2.05, 4.69) is 33.0 Å². The van der Waals surface area contributed by atoms with E-state index in [1.54, 1.807) is 0 Å². The minimum atomic E-state index is 0.568. The maximum absolute atomic E-state index is 4.75. The first-order valence-corrected chi connectivity index (χ1v) is 7.20. The van der Waals surface area contributed by atoms with Crippen molar-refractivity contribution in [2.45, 2.75) is 59.3 Å². The van der Waals surface area contributed by atoms with E-state index in [1.807, 2.05) is 0 Å². The molecule has 1 saturated carbocycles. The molecular formula is C15H25N3. The summed E-state index contributed by atoms with van der Waals surface area (Å²) in [5.74, 6) is 3.53. The van der Waals surface area contributed by atoms with Crippen molar-refractivity contribution in [1.29, 1.82) is 0 Å². The number of nitrogens with one attached hydrogen (secondary N) is 1. The van der Waals surface area contributed by atoms with E-state index in [-0.39, 0.29) is 0 Å². The van der Waals surface area contributed by atoms with Gasteiger partial charge in [-0.2, -0.15) is 0 Å². The van der Waals surface area contributed by atoms with Crippen LogP contribution in [0.3, 0.4) is 0 Å². The maximum Gasteiger partial charge on any atom is 0.134 e. The van der Waals surface area contributed by atoms with E-state index in [9.17, 15) is 0 Å². The first kappa shape index (κ1) is 13.3. The monoisotopic (exact) mass is 247 g/mol.